The Morgan fingerprint density at radius 1 is 1.32 bits per heavy atom. The summed E-state index contributed by atoms with van der Waals surface area (Å²) in [6.07, 6.45) is 0. The van der Waals surface area contributed by atoms with Crippen LogP contribution in [0.4, 0.5) is 0 Å². The van der Waals surface area contributed by atoms with Gasteiger partial charge < -0.3 is 14.8 Å². The lowest BCUT2D eigenvalue weighted by molar-refractivity contribution is -0.126. The van der Waals surface area contributed by atoms with Crippen LogP contribution in [-0.2, 0) is 14.3 Å². The molecule has 19 heavy (non-hydrogen) atoms. The number of methoxy groups -OCH3 is 1. The Kier molecular flexibility index (Phi) is 7.16. The molecule has 1 aromatic carbocycles. The summed E-state index contributed by atoms with van der Waals surface area (Å²) >= 11 is 11.8. The Hall–Kier alpha value is -0.810. The normalized spacial score (nSPS) is 12.2. The van der Waals surface area contributed by atoms with E-state index >= 15 is 0 Å². The molecule has 0 heterocycles. The van der Waals surface area contributed by atoms with Gasteiger partial charge in [0.1, 0.15) is 6.61 Å². The number of hydrogen-bond donors (Lipinski definition) is 1. The number of carbonyl (C=O) groups is 1. The zero-order chi connectivity index (χ0) is 14.3. The van der Waals surface area contributed by atoms with E-state index in [1.807, 2.05) is 13.0 Å². The van der Waals surface area contributed by atoms with E-state index in [2.05, 4.69) is 5.32 Å². The molecule has 0 bridgehead atoms. The summed E-state index contributed by atoms with van der Waals surface area (Å²) in [5.74, 6) is -0.185. The molecule has 0 unspecified atom stereocenters. The van der Waals surface area contributed by atoms with Crippen LogP contribution in [0.25, 0.3) is 0 Å². The molecule has 1 atom stereocenters. The molecule has 106 valence electrons. The van der Waals surface area contributed by atoms with E-state index in [0.29, 0.717) is 23.3 Å². The minimum Gasteiger partial charge on any atom is -0.382 e. The van der Waals surface area contributed by atoms with Crippen molar-refractivity contribution in [1.82, 2.24) is 5.32 Å². The smallest absolute Gasteiger partial charge is 0.246 e. The van der Waals surface area contributed by atoms with Gasteiger partial charge in [0.25, 0.3) is 0 Å². The van der Waals surface area contributed by atoms with Gasteiger partial charge in [-0.15, -0.1) is 0 Å². The molecule has 0 saturated heterocycles. The van der Waals surface area contributed by atoms with Gasteiger partial charge in [-0.1, -0.05) is 29.3 Å². The van der Waals surface area contributed by atoms with Crippen molar-refractivity contribution in [2.45, 2.75) is 13.0 Å². The van der Waals surface area contributed by atoms with Crippen LogP contribution >= 0.6 is 23.2 Å². The Bertz CT molecular complexity index is 426. The summed E-state index contributed by atoms with van der Waals surface area (Å²) < 4.78 is 9.95. The number of nitrogens with one attached hydrogen (secondary N) is 1. The first-order valence-corrected chi connectivity index (χ1v) is 6.61. The highest BCUT2D eigenvalue weighted by molar-refractivity contribution is 6.42. The maximum Gasteiger partial charge on any atom is 0.246 e. The number of rotatable bonds is 7. The minimum absolute atomic E-state index is 0.00895. The molecule has 0 fully saturated rings. The first kappa shape index (κ1) is 16.2. The molecule has 0 aliphatic heterocycles. The van der Waals surface area contributed by atoms with Crippen LogP contribution < -0.4 is 5.32 Å². The van der Waals surface area contributed by atoms with Crippen molar-refractivity contribution < 1.29 is 14.3 Å². The topological polar surface area (TPSA) is 47.6 Å². The van der Waals surface area contributed by atoms with Crippen molar-refractivity contribution in [3.05, 3.63) is 33.8 Å². The Morgan fingerprint density at radius 2 is 2.05 bits per heavy atom. The number of ether oxygens (including phenoxy) is 2. The maximum absolute atomic E-state index is 11.6. The van der Waals surface area contributed by atoms with E-state index in [9.17, 15) is 4.79 Å². The molecule has 0 aliphatic carbocycles. The molecule has 0 aliphatic rings. The second-order valence-electron chi connectivity index (χ2n) is 4.01. The van der Waals surface area contributed by atoms with E-state index in [1.165, 1.54) is 0 Å². The summed E-state index contributed by atoms with van der Waals surface area (Å²) in [7, 11) is 1.58. The van der Waals surface area contributed by atoms with E-state index in [0.717, 1.165) is 5.56 Å². The average Bonchev–Trinajstić information content (AvgIpc) is 2.38. The third kappa shape index (κ3) is 5.78. The number of hydrogen-bond acceptors (Lipinski definition) is 3. The molecule has 1 aromatic rings. The van der Waals surface area contributed by atoms with Gasteiger partial charge in [0.2, 0.25) is 5.91 Å². The van der Waals surface area contributed by atoms with Gasteiger partial charge in [-0.25, -0.2) is 0 Å². The number of benzene rings is 1. The second-order valence-corrected chi connectivity index (χ2v) is 4.82. The SMILES string of the molecule is COCCOCC(=O)N[C@@H](C)c1ccc(Cl)c(Cl)c1. The van der Waals surface area contributed by atoms with Crippen molar-refractivity contribution in [3.8, 4) is 0 Å². The van der Waals surface area contributed by atoms with E-state index in [4.69, 9.17) is 32.7 Å². The summed E-state index contributed by atoms with van der Waals surface area (Å²) in [4.78, 5) is 11.6. The van der Waals surface area contributed by atoms with Gasteiger partial charge in [-0.2, -0.15) is 0 Å². The average molecular weight is 306 g/mol. The first-order chi connectivity index (χ1) is 9.04. The maximum atomic E-state index is 11.6. The lowest BCUT2D eigenvalue weighted by Crippen LogP contribution is -2.30. The van der Waals surface area contributed by atoms with Crippen molar-refractivity contribution in [2.75, 3.05) is 26.9 Å². The van der Waals surface area contributed by atoms with Gasteiger partial charge in [-0.3, -0.25) is 4.79 Å². The summed E-state index contributed by atoms with van der Waals surface area (Å²) in [6, 6.07) is 5.11. The molecule has 0 radical (unpaired) electrons. The van der Waals surface area contributed by atoms with E-state index in [-0.39, 0.29) is 18.6 Å². The summed E-state index contributed by atoms with van der Waals surface area (Å²) in [5, 5.41) is 3.77. The predicted molar refractivity (Wildman–Crippen MR) is 75.7 cm³/mol. The molecular formula is C13H17Cl2NO3. The molecule has 0 saturated carbocycles. The highest BCUT2D eigenvalue weighted by atomic mass is 35.5. The Balaban J connectivity index is 2.43. The molecule has 1 rings (SSSR count). The van der Waals surface area contributed by atoms with E-state index in [1.54, 1.807) is 19.2 Å². The molecular weight excluding hydrogens is 289 g/mol. The monoisotopic (exact) mass is 305 g/mol. The highest BCUT2D eigenvalue weighted by Crippen LogP contribution is 2.25. The molecule has 6 heteroatoms. The van der Waals surface area contributed by atoms with Crippen LogP contribution in [0.1, 0.15) is 18.5 Å². The van der Waals surface area contributed by atoms with Crippen molar-refractivity contribution in [1.29, 1.82) is 0 Å². The molecule has 1 amide bonds. The molecule has 0 spiro atoms. The fraction of sp³-hybridized carbons (Fsp3) is 0.462. The Labute approximate surface area is 123 Å². The van der Waals surface area contributed by atoms with Gasteiger partial charge in [0.05, 0.1) is 29.3 Å². The molecule has 0 aromatic heterocycles. The van der Waals surface area contributed by atoms with Crippen molar-refractivity contribution in [3.63, 3.8) is 0 Å². The number of halogens is 2. The molecule has 1 N–H and O–H groups in total. The van der Waals surface area contributed by atoms with Crippen LogP contribution in [0.2, 0.25) is 10.0 Å². The van der Waals surface area contributed by atoms with Crippen molar-refractivity contribution >= 4 is 29.1 Å². The third-order valence-corrected chi connectivity index (χ3v) is 3.23. The lowest BCUT2D eigenvalue weighted by Gasteiger charge is -2.15. The zero-order valence-electron chi connectivity index (χ0n) is 10.9. The standard InChI is InChI=1S/C13H17Cl2NO3/c1-9(10-3-4-11(14)12(15)7-10)16-13(17)8-19-6-5-18-2/h3-4,7,9H,5-6,8H2,1-2H3,(H,16,17)/t9-/m0/s1. The second kappa shape index (κ2) is 8.38. The largest absolute Gasteiger partial charge is 0.382 e. The number of amides is 1. The van der Waals surface area contributed by atoms with Crippen LogP contribution in [-0.4, -0.2) is 32.8 Å². The fourth-order valence-corrected chi connectivity index (χ4v) is 1.76. The highest BCUT2D eigenvalue weighted by Gasteiger charge is 2.11. The van der Waals surface area contributed by atoms with Crippen molar-refractivity contribution in [2.24, 2.45) is 0 Å². The van der Waals surface area contributed by atoms with Gasteiger partial charge in [0.15, 0.2) is 0 Å². The summed E-state index contributed by atoms with van der Waals surface area (Å²) in [5.41, 5.74) is 0.889. The first-order valence-electron chi connectivity index (χ1n) is 5.85. The van der Waals surface area contributed by atoms with Crippen LogP contribution in [0.5, 0.6) is 0 Å². The van der Waals surface area contributed by atoms with Gasteiger partial charge in [0, 0.05) is 7.11 Å². The third-order valence-electron chi connectivity index (χ3n) is 2.49. The van der Waals surface area contributed by atoms with Gasteiger partial charge >= 0.3 is 0 Å². The predicted octanol–water partition coefficient (Wildman–Crippen LogP) is 2.83. The van der Waals surface area contributed by atoms with Crippen LogP contribution in [0.15, 0.2) is 18.2 Å². The fourth-order valence-electron chi connectivity index (χ4n) is 1.46. The number of carbonyl (C=O) groups excluding carboxylic acids is 1. The van der Waals surface area contributed by atoms with E-state index < -0.39 is 0 Å². The van der Waals surface area contributed by atoms with Gasteiger partial charge in [-0.05, 0) is 24.6 Å². The zero-order valence-corrected chi connectivity index (χ0v) is 12.4. The summed E-state index contributed by atoms with van der Waals surface area (Å²) in [6.45, 7) is 2.74. The van der Waals surface area contributed by atoms with Crippen LogP contribution in [0, 0.1) is 0 Å². The molecule has 4 nitrogen and oxygen atoms in total. The Morgan fingerprint density at radius 3 is 2.68 bits per heavy atom. The minimum atomic E-state index is -0.185. The van der Waals surface area contributed by atoms with Crippen LogP contribution in [0.3, 0.4) is 0 Å². The quantitative estimate of drug-likeness (QED) is 0.788. The lowest BCUT2D eigenvalue weighted by atomic mass is 10.1.